The highest BCUT2D eigenvalue weighted by Gasteiger charge is 2.13. The number of H-pyrrole nitrogens is 1. The van der Waals surface area contributed by atoms with E-state index in [1.54, 1.807) is 24.4 Å². The molecule has 0 aliphatic carbocycles. The number of nitrogens with zero attached hydrogens (tertiary/aromatic N) is 4. The van der Waals surface area contributed by atoms with Crippen LogP contribution in [0.4, 0.5) is 11.6 Å². The number of amides is 1. The number of hydrazine groups is 1. The van der Waals surface area contributed by atoms with Crippen molar-refractivity contribution in [1.82, 2.24) is 25.6 Å². The number of ether oxygens (including phenoxy) is 1. The second-order valence-corrected chi connectivity index (χ2v) is 7.16. The topological polar surface area (TPSA) is 143 Å². The number of nitrogens with one attached hydrogen (secondary N) is 3. The third kappa shape index (κ3) is 4.71. The number of fused-ring (bicyclic) bond motifs is 1. The van der Waals surface area contributed by atoms with E-state index in [0.717, 1.165) is 27.9 Å². The van der Waals surface area contributed by atoms with E-state index in [2.05, 4.69) is 35.9 Å². The minimum Gasteiger partial charge on any atom is -0.491 e. The number of hydrogen-bond acceptors (Lipinski definition) is 7. The first-order valence-electron chi connectivity index (χ1n) is 9.91. The Morgan fingerprint density at radius 1 is 1.16 bits per heavy atom. The molecule has 1 aromatic carbocycles. The summed E-state index contributed by atoms with van der Waals surface area (Å²) in [6, 6.07) is 12.5. The molecule has 10 heteroatoms. The van der Waals surface area contributed by atoms with Crippen LogP contribution in [0.1, 0.15) is 24.2 Å². The number of carbonyl (C=O) groups is 1. The second-order valence-electron chi connectivity index (χ2n) is 7.16. The summed E-state index contributed by atoms with van der Waals surface area (Å²) in [5.74, 6) is 6.33. The third-order valence-corrected chi connectivity index (χ3v) is 4.46. The molecule has 0 fully saturated rings. The third-order valence-electron chi connectivity index (χ3n) is 4.46. The van der Waals surface area contributed by atoms with Crippen LogP contribution in [0.3, 0.4) is 0 Å². The van der Waals surface area contributed by atoms with Crippen molar-refractivity contribution in [2.75, 3.05) is 5.32 Å². The van der Waals surface area contributed by atoms with Gasteiger partial charge in [-0.05, 0) is 56.3 Å². The van der Waals surface area contributed by atoms with E-state index in [9.17, 15) is 4.79 Å². The number of pyridine rings is 2. The van der Waals surface area contributed by atoms with Gasteiger partial charge in [0.05, 0.1) is 11.6 Å². The average molecular weight is 430 g/mol. The van der Waals surface area contributed by atoms with E-state index in [1.165, 1.54) is 12.5 Å². The van der Waals surface area contributed by atoms with Crippen molar-refractivity contribution >= 4 is 34.8 Å². The summed E-state index contributed by atoms with van der Waals surface area (Å²) in [7, 11) is 0. The number of benzene rings is 1. The predicted molar refractivity (Wildman–Crippen MR) is 123 cm³/mol. The maximum Gasteiger partial charge on any atom is 0.257 e. The van der Waals surface area contributed by atoms with Crippen molar-refractivity contribution < 1.29 is 9.53 Å². The Kier molecular flexibility index (Phi) is 6.04. The number of rotatable bonds is 7. The molecular formula is C22H22N8O2. The van der Waals surface area contributed by atoms with Gasteiger partial charge in [-0.25, -0.2) is 20.8 Å². The summed E-state index contributed by atoms with van der Waals surface area (Å²) in [6.45, 7) is 3.96. The molecule has 3 aromatic heterocycles. The zero-order valence-electron chi connectivity index (χ0n) is 17.5. The Hall–Kier alpha value is -4.31. The van der Waals surface area contributed by atoms with E-state index in [1.807, 2.05) is 38.1 Å². The molecule has 1 amide bonds. The number of aliphatic imine (C=N–C) groups is 1. The van der Waals surface area contributed by atoms with Crippen LogP contribution in [0.5, 0.6) is 5.75 Å². The van der Waals surface area contributed by atoms with Gasteiger partial charge < -0.3 is 15.5 Å². The lowest BCUT2D eigenvalue weighted by Crippen LogP contribution is -2.18. The van der Waals surface area contributed by atoms with E-state index >= 15 is 0 Å². The van der Waals surface area contributed by atoms with E-state index < -0.39 is 0 Å². The van der Waals surface area contributed by atoms with Gasteiger partial charge in [0.1, 0.15) is 23.6 Å². The van der Waals surface area contributed by atoms with Gasteiger partial charge in [-0.2, -0.15) is 5.10 Å². The lowest BCUT2D eigenvalue weighted by Gasteiger charge is -2.09. The Bertz CT molecular complexity index is 1280. The molecule has 4 aromatic rings. The van der Waals surface area contributed by atoms with Gasteiger partial charge in [-0.1, -0.05) is 0 Å². The first-order valence-corrected chi connectivity index (χ1v) is 9.91. The number of aromatic amines is 1. The molecule has 0 aliphatic rings. The van der Waals surface area contributed by atoms with Crippen LogP contribution in [-0.2, 0) is 0 Å². The van der Waals surface area contributed by atoms with Crippen molar-refractivity contribution in [2.45, 2.75) is 20.0 Å². The van der Waals surface area contributed by atoms with Gasteiger partial charge in [-0.3, -0.25) is 9.89 Å². The Morgan fingerprint density at radius 2 is 2.00 bits per heavy atom. The largest absolute Gasteiger partial charge is 0.491 e. The quantitative estimate of drug-likeness (QED) is 0.153. The summed E-state index contributed by atoms with van der Waals surface area (Å²) in [4.78, 5) is 25.0. The minimum atomic E-state index is -0.339. The number of carbonyl (C=O) groups excluding carboxylic acids is 1. The summed E-state index contributed by atoms with van der Waals surface area (Å²) in [5, 5.41) is 11.2. The number of anilines is 1. The van der Waals surface area contributed by atoms with E-state index in [-0.39, 0.29) is 12.0 Å². The van der Waals surface area contributed by atoms with Crippen LogP contribution < -0.4 is 21.3 Å². The Balaban J connectivity index is 1.59. The summed E-state index contributed by atoms with van der Waals surface area (Å²) >= 11 is 0. The molecule has 32 heavy (non-hydrogen) atoms. The van der Waals surface area contributed by atoms with E-state index in [0.29, 0.717) is 17.2 Å². The average Bonchev–Trinajstić information content (AvgIpc) is 3.21. The molecule has 10 nitrogen and oxygen atoms in total. The molecule has 0 saturated carbocycles. The molecule has 0 saturated heterocycles. The van der Waals surface area contributed by atoms with Gasteiger partial charge in [0.2, 0.25) is 0 Å². The number of nitrogens with two attached hydrogens (primary N) is 1. The lowest BCUT2D eigenvalue weighted by molar-refractivity contribution is 0.102. The second kappa shape index (κ2) is 9.23. The van der Waals surface area contributed by atoms with Crippen molar-refractivity contribution in [3.63, 3.8) is 0 Å². The van der Waals surface area contributed by atoms with Crippen LogP contribution >= 0.6 is 0 Å². The molecule has 4 rings (SSSR count). The highest BCUT2D eigenvalue weighted by atomic mass is 16.5. The van der Waals surface area contributed by atoms with Crippen LogP contribution in [0, 0.1) is 0 Å². The van der Waals surface area contributed by atoms with Gasteiger partial charge in [0, 0.05) is 28.9 Å². The molecule has 0 bridgehead atoms. The molecule has 0 aliphatic heterocycles. The zero-order chi connectivity index (χ0) is 22.5. The Labute approximate surface area is 183 Å². The maximum atomic E-state index is 12.7. The minimum absolute atomic E-state index is 0.0662. The maximum absolute atomic E-state index is 12.7. The standard InChI is InChI=1S/C22H22N8O2/c1-13(2)32-16-3-4-18-17(11-16)21(30-29-18)14-5-7-25-20(9-14)28-22(31)15-6-8-24-19(10-15)26-12-27-23/h3-13H,23H2,1-2H3,(H,29,30)(H,24,26,27)(H,25,28,31). The molecule has 3 heterocycles. The van der Waals surface area contributed by atoms with Crippen molar-refractivity contribution in [3.8, 4) is 17.0 Å². The van der Waals surface area contributed by atoms with Gasteiger partial charge >= 0.3 is 0 Å². The normalized spacial score (nSPS) is 11.2. The SMILES string of the molecule is CC(C)Oc1ccc2[nH]nc(-c3ccnc(NC(=O)c4ccnc(N=CNN)c4)c3)c2c1. The molecule has 5 N–H and O–H groups in total. The zero-order valence-corrected chi connectivity index (χ0v) is 17.5. The fourth-order valence-corrected chi connectivity index (χ4v) is 3.13. The highest BCUT2D eigenvalue weighted by Crippen LogP contribution is 2.30. The first kappa shape index (κ1) is 20.9. The monoisotopic (exact) mass is 430 g/mol. The van der Waals surface area contributed by atoms with E-state index in [4.69, 9.17) is 10.6 Å². The van der Waals surface area contributed by atoms with Crippen molar-refractivity contribution in [2.24, 2.45) is 10.8 Å². The fourth-order valence-electron chi connectivity index (χ4n) is 3.13. The lowest BCUT2D eigenvalue weighted by atomic mass is 10.1. The van der Waals surface area contributed by atoms with Crippen molar-refractivity contribution in [3.05, 3.63) is 60.4 Å². The van der Waals surface area contributed by atoms with Crippen LogP contribution in [-0.4, -0.2) is 38.5 Å². The smallest absolute Gasteiger partial charge is 0.257 e. The summed E-state index contributed by atoms with van der Waals surface area (Å²) in [6.07, 6.45) is 4.46. The van der Waals surface area contributed by atoms with Crippen LogP contribution in [0.25, 0.3) is 22.2 Å². The highest BCUT2D eigenvalue weighted by molar-refractivity contribution is 6.04. The summed E-state index contributed by atoms with van der Waals surface area (Å²) < 4.78 is 5.81. The first-order chi connectivity index (χ1) is 15.5. The van der Waals surface area contributed by atoms with Gasteiger partial charge in [0.15, 0.2) is 5.82 Å². The number of aromatic nitrogens is 4. The van der Waals surface area contributed by atoms with Crippen LogP contribution in [0.2, 0.25) is 0 Å². The molecular weight excluding hydrogens is 408 g/mol. The van der Waals surface area contributed by atoms with Gasteiger partial charge in [0.25, 0.3) is 5.91 Å². The molecule has 0 atom stereocenters. The van der Waals surface area contributed by atoms with Gasteiger partial charge in [-0.15, -0.1) is 0 Å². The molecule has 0 unspecified atom stereocenters. The predicted octanol–water partition coefficient (Wildman–Crippen LogP) is 3.18. The van der Waals surface area contributed by atoms with Crippen molar-refractivity contribution in [1.29, 1.82) is 0 Å². The molecule has 162 valence electrons. The Morgan fingerprint density at radius 3 is 2.81 bits per heavy atom. The summed E-state index contributed by atoms with van der Waals surface area (Å²) in [5.41, 5.74) is 5.10. The number of hydrogen-bond donors (Lipinski definition) is 4. The molecule has 0 spiro atoms. The molecule has 0 radical (unpaired) electrons. The van der Waals surface area contributed by atoms with Crippen LogP contribution in [0.15, 0.2) is 59.9 Å². The fraction of sp³-hybridized carbons (Fsp3) is 0.136.